The van der Waals surface area contributed by atoms with Crippen molar-refractivity contribution in [3.63, 3.8) is 0 Å². The molecule has 0 aromatic heterocycles. The van der Waals surface area contributed by atoms with Gasteiger partial charge in [0.05, 0.1) is 13.2 Å². The van der Waals surface area contributed by atoms with E-state index in [1.807, 2.05) is 13.8 Å². The van der Waals surface area contributed by atoms with Crippen LogP contribution in [0, 0.1) is 0 Å². The molecule has 0 aliphatic carbocycles. The van der Waals surface area contributed by atoms with Crippen molar-refractivity contribution >= 4 is 15.2 Å². The molecule has 1 radical (unpaired) electrons. The van der Waals surface area contributed by atoms with Crippen LogP contribution < -0.4 is 0 Å². The molecule has 6 unspecified atom stereocenters. The first-order chi connectivity index (χ1) is 12.1. The van der Waals surface area contributed by atoms with Gasteiger partial charge in [-0.25, -0.2) is 0 Å². The first kappa shape index (κ1) is 27.7. The summed E-state index contributed by atoms with van der Waals surface area (Å²) in [5.74, 6) is -0.979. The third-order valence-electron chi connectivity index (χ3n) is 4.40. The molecule has 0 aromatic carbocycles. The molecule has 27 heavy (non-hydrogen) atoms. The molecule has 6 atom stereocenters. The Labute approximate surface area is 173 Å². The third kappa shape index (κ3) is 9.85. The normalized spacial score (nSPS) is 32.8. The van der Waals surface area contributed by atoms with E-state index >= 15 is 0 Å². The largest absolute Gasteiger partial charge is 2.00 e. The van der Waals surface area contributed by atoms with Crippen LogP contribution in [0.4, 0.5) is 0 Å². The summed E-state index contributed by atoms with van der Waals surface area (Å²) < 4.78 is 32.8. The van der Waals surface area contributed by atoms with E-state index in [1.54, 1.807) is 13.8 Å². The van der Waals surface area contributed by atoms with Crippen LogP contribution in [0.3, 0.4) is 0 Å². The van der Waals surface area contributed by atoms with Gasteiger partial charge in [-0.2, -0.15) is 0 Å². The first-order valence-electron chi connectivity index (χ1n) is 9.46. The van der Waals surface area contributed by atoms with E-state index in [9.17, 15) is 18.9 Å². The Hall–Kier alpha value is 0.726. The maximum atomic E-state index is 11.6. The molecule has 0 bridgehead atoms. The van der Waals surface area contributed by atoms with Crippen molar-refractivity contribution in [2.45, 2.75) is 89.9 Å². The minimum absolute atomic E-state index is 0. The number of hydrogen-bond acceptors (Lipinski definition) is 4. The average molecular weight is 471 g/mol. The summed E-state index contributed by atoms with van der Waals surface area (Å²) >= 11 is 0. The fourth-order valence-corrected chi connectivity index (χ4v) is 6.01. The van der Waals surface area contributed by atoms with Crippen LogP contribution >= 0.6 is 15.2 Å². The molecule has 2 rings (SSSR count). The van der Waals surface area contributed by atoms with Gasteiger partial charge in [-0.3, -0.25) is 9.13 Å². The third-order valence-corrected chi connectivity index (χ3v) is 7.95. The van der Waals surface area contributed by atoms with E-state index < -0.39 is 26.8 Å². The molecule has 8 nitrogen and oxygen atoms in total. The van der Waals surface area contributed by atoms with Crippen molar-refractivity contribution in [2.75, 3.05) is 13.2 Å². The predicted molar refractivity (Wildman–Crippen MR) is 104 cm³/mol. The molecule has 2 N–H and O–H groups in total. The number of piperidine rings is 2. The Morgan fingerprint density at radius 2 is 1.15 bits per heavy atom. The number of nitrogens with zero attached hydrogens (tertiary/aromatic N) is 2. The Bertz CT molecular complexity index is 469. The van der Waals surface area contributed by atoms with Crippen LogP contribution in [0.1, 0.15) is 66.2 Å². The Balaban J connectivity index is 0.000000483. The summed E-state index contributed by atoms with van der Waals surface area (Å²) in [5.41, 5.74) is 0. The summed E-state index contributed by atoms with van der Waals surface area (Å²) in [5, 5.41) is 8.47. The van der Waals surface area contributed by atoms with E-state index in [2.05, 4.69) is 10.6 Å². The van der Waals surface area contributed by atoms with E-state index in [0.717, 1.165) is 25.7 Å². The minimum atomic E-state index is -3.47. The fraction of sp³-hybridized carbons (Fsp3) is 1.00. The molecule has 2 heterocycles. The van der Waals surface area contributed by atoms with Crippen molar-refractivity contribution in [1.29, 1.82) is 0 Å². The van der Waals surface area contributed by atoms with Gasteiger partial charge in [0.2, 0.25) is 0 Å². The second-order valence-electron chi connectivity index (χ2n) is 6.78. The predicted octanol–water partition coefficient (Wildman–Crippen LogP) is 4.96. The molecule has 0 aromatic rings. The van der Waals surface area contributed by atoms with Gasteiger partial charge < -0.3 is 29.5 Å². The van der Waals surface area contributed by atoms with Crippen LogP contribution in [-0.2, 0) is 35.0 Å². The Kier molecular flexibility index (Phi) is 13.5. The molecule has 2 fully saturated rings. The Morgan fingerprint density at radius 3 is 1.41 bits per heavy atom. The van der Waals surface area contributed by atoms with Gasteiger partial charge in [-0.15, -0.1) is 12.1 Å². The summed E-state index contributed by atoms with van der Waals surface area (Å²) in [6.45, 7) is 7.92. The molecule has 11 heteroatoms. The average Bonchev–Trinajstić information content (AvgIpc) is 2.55. The molecule has 163 valence electrons. The molecule has 0 saturated carbocycles. The van der Waals surface area contributed by atoms with Gasteiger partial charge in [-0.1, -0.05) is 52.4 Å². The van der Waals surface area contributed by atoms with Crippen LogP contribution in [0.25, 0.3) is 10.6 Å². The zero-order chi connectivity index (χ0) is 19.8. The monoisotopic (exact) mass is 471 g/mol. The molecule has 2 saturated heterocycles. The zero-order valence-electron chi connectivity index (χ0n) is 16.6. The maximum Gasteiger partial charge on any atom is 2.00 e. The SMILES string of the molecule is CCOP(=O)(O)C1CCCC(C)[N-]1.CCOP(=O)(O)C1CCCC(C)[N-]1.[Co+2]. The van der Waals surface area contributed by atoms with E-state index in [4.69, 9.17) is 9.05 Å². The molecule has 0 amide bonds. The van der Waals surface area contributed by atoms with Gasteiger partial charge in [0.1, 0.15) is 0 Å². The number of rotatable bonds is 6. The summed E-state index contributed by atoms with van der Waals surface area (Å²) in [6.07, 6.45) is 5.32. The smallest absolute Gasteiger partial charge is 0.647 e. The summed E-state index contributed by atoms with van der Waals surface area (Å²) in [4.78, 5) is 19.0. The van der Waals surface area contributed by atoms with Crippen LogP contribution in [0.2, 0.25) is 0 Å². The van der Waals surface area contributed by atoms with E-state index in [1.165, 1.54) is 0 Å². The van der Waals surface area contributed by atoms with Gasteiger partial charge in [0.15, 0.2) is 0 Å². The van der Waals surface area contributed by atoms with Crippen molar-refractivity contribution in [3.05, 3.63) is 10.6 Å². The maximum absolute atomic E-state index is 11.6. The molecule has 0 spiro atoms. The van der Waals surface area contributed by atoms with Crippen molar-refractivity contribution in [1.82, 2.24) is 0 Å². The van der Waals surface area contributed by atoms with Gasteiger partial charge in [-0.05, 0) is 25.4 Å². The molecular formula is C16H34CoN2O6P2. The van der Waals surface area contributed by atoms with Crippen LogP contribution in [-0.4, -0.2) is 46.7 Å². The molecule has 2 aliphatic heterocycles. The molecule has 2 aliphatic rings. The number of hydrogen-bond donors (Lipinski definition) is 2. The van der Waals surface area contributed by atoms with Gasteiger partial charge in [0.25, 0.3) is 0 Å². The Morgan fingerprint density at radius 1 is 0.815 bits per heavy atom. The summed E-state index contributed by atoms with van der Waals surface area (Å²) in [7, 11) is -6.94. The standard InChI is InChI=1S/2C8H17NO3P.Co/c2*1-3-12-13(10,11)8-6-4-5-7(2)9-8;/h2*7-8H,3-6H2,1-2H3,(H,10,11);/q2*-1;+2. The molecular weight excluding hydrogens is 437 g/mol. The quantitative estimate of drug-likeness (QED) is 0.529. The zero-order valence-corrected chi connectivity index (χ0v) is 19.4. The summed E-state index contributed by atoms with van der Waals surface area (Å²) in [6, 6.07) is 0.388. The van der Waals surface area contributed by atoms with Crippen molar-refractivity contribution in [2.24, 2.45) is 0 Å². The topological polar surface area (TPSA) is 121 Å². The van der Waals surface area contributed by atoms with Crippen LogP contribution in [0.15, 0.2) is 0 Å². The minimum Gasteiger partial charge on any atom is -0.647 e. The first-order valence-corrected chi connectivity index (χ1v) is 12.8. The van der Waals surface area contributed by atoms with Gasteiger partial charge in [0, 0.05) is 0 Å². The van der Waals surface area contributed by atoms with Gasteiger partial charge >= 0.3 is 32.0 Å². The second-order valence-corrected chi connectivity index (χ2v) is 10.7. The fourth-order valence-electron chi connectivity index (χ4n) is 3.11. The van der Waals surface area contributed by atoms with Crippen molar-refractivity contribution in [3.8, 4) is 0 Å². The van der Waals surface area contributed by atoms with Crippen LogP contribution in [0.5, 0.6) is 0 Å². The van der Waals surface area contributed by atoms with E-state index in [-0.39, 0.29) is 42.1 Å². The van der Waals surface area contributed by atoms with Crippen molar-refractivity contribution < 1.29 is 44.7 Å². The second kappa shape index (κ2) is 13.1. The van der Waals surface area contributed by atoms with E-state index in [0.29, 0.717) is 12.8 Å².